The molecule has 2 N–H and O–H groups in total. The Morgan fingerprint density at radius 2 is 1.78 bits per heavy atom. The Hall–Kier alpha value is -3.12. The third-order valence-electron chi connectivity index (χ3n) is 6.77. The van der Waals surface area contributed by atoms with E-state index >= 15 is 0 Å². The van der Waals surface area contributed by atoms with Gasteiger partial charge >= 0.3 is 0 Å². The van der Waals surface area contributed by atoms with E-state index < -0.39 is 5.92 Å². The van der Waals surface area contributed by atoms with Gasteiger partial charge < -0.3 is 5.11 Å². The number of rotatable bonds is 3. The maximum atomic E-state index is 13.8. The summed E-state index contributed by atoms with van der Waals surface area (Å²) in [4.78, 5) is 19.8. The smallest absolute Gasteiger partial charge is 0.162 e. The van der Waals surface area contributed by atoms with Gasteiger partial charge in [-0.2, -0.15) is 0 Å². The summed E-state index contributed by atoms with van der Waals surface area (Å²) in [5.74, 6) is -0.762. The van der Waals surface area contributed by atoms with Crippen LogP contribution < -0.4 is 4.90 Å². The summed E-state index contributed by atoms with van der Waals surface area (Å²) in [6.07, 6.45) is 4.24. The fraction of sp³-hybridized carbons (Fsp3) is 0.207. The maximum Gasteiger partial charge on any atom is 0.162 e. The van der Waals surface area contributed by atoms with Crippen molar-refractivity contribution in [2.75, 3.05) is 4.90 Å². The Morgan fingerprint density at radius 1 is 1.05 bits per heavy atom. The minimum absolute atomic E-state index is 0.0286. The van der Waals surface area contributed by atoms with Gasteiger partial charge in [0.2, 0.25) is 0 Å². The van der Waals surface area contributed by atoms with E-state index in [1.807, 2.05) is 19.9 Å². The molecule has 0 spiro atoms. The fourth-order valence-corrected chi connectivity index (χ4v) is 5.58. The number of aliphatic hydroxyl groups excluding tert-OH is 1. The summed E-state index contributed by atoms with van der Waals surface area (Å²) in [6, 6.07) is 15.5. The molecule has 5 rings (SSSR count). The van der Waals surface area contributed by atoms with Crippen molar-refractivity contribution in [1.82, 2.24) is 4.98 Å². The molecule has 1 aromatic heterocycles. The van der Waals surface area contributed by atoms with E-state index in [1.54, 1.807) is 65.8 Å². The summed E-state index contributed by atoms with van der Waals surface area (Å²) in [6.45, 7) is 4.09. The van der Waals surface area contributed by atoms with E-state index in [1.165, 1.54) is 0 Å². The second kappa shape index (κ2) is 9.64. The zero-order chi connectivity index (χ0) is 26.5. The van der Waals surface area contributed by atoms with Gasteiger partial charge in [0.25, 0.3) is 0 Å². The molecule has 8 heteroatoms. The van der Waals surface area contributed by atoms with Crippen molar-refractivity contribution in [3.8, 4) is 0 Å². The van der Waals surface area contributed by atoms with Gasteiger partial charge in [-0.05, 0) is 65.9 Å². The number of hydrogen-bond acceptors (Lipinski definition) is 4. The molecule has 188 valence electrons. The molecule has 0 amide bonds. The lowest BCUT2D eigenvalue weighted by Crippen LogP contribution is -2.45. The highest BCUT2D eigenvalue weighted by atomic mass is 35.5. The summed E-state index contributed by atoms with van der Waals surface area (Å²) < 4.78 is 0. The Labute approximate surface area is 230 Å². The topological polar surface area (TPSA) is 77.3 Å². The van der Waals surface area contributed by atoms with Crippen LogP contribution in [0.2, 0.25) is 15.1 Å². The van der Waals surface area contributed by atoms with Crippen LogP contribution in [0.5, 0.6) is 0 Å². The van der Waals surface area contributed by atoms with Crippen molar-refractivity contribution < 1.29 is 9.90 Å². The minimum Gasteiger partial charge on any atom is -0.507 e. The molecule has 2 heterocycles. The first-order valence-corrected chi connectivity index (χ1v) is 12.9. The molecule has 1 aliphatic carbocycles. The number of anilines is 1. The number of carbonyl (C=O) groups is 1. The number of aliphatic hydroxyl groups is 1. The predicted octanol–water partition coefficient (Wildman–Crippen LogP) is 8.24. The first-order chi connectivity index (χ1) is 17.6. The fourth-order valence-electron chi connectivity index (χ4n) is 5.17. The van der Waals surface area contributed by atoms with Crippen LogP contribution in [0.3, 0.4) is 0 Å². The van der Waals surface area contributed by atoms with Crippen molar-refractivity contribution in [2.24, 2.45) is 5.41 Å². The molecule has 2 aliphatic rings. The van der Waals surface area contributed by atoms with E-state index in [-0.39, 0.29) is 22.8 Å². The molecule has 0 radical (unpaired) electrons. The number of halogens is 3. The van der Waals surface area contributed by atoms with Crippen molar-refractivity contribution in [3.05, 3.63) is 110 Å². The number of carbonyl (C=O) groups excluding carboxylic acids is 1. The van der Waals surface area contributed by atoms with Gasteiger partial charge in [0.1, 0.15) is 11.6 Å². The van der Waals surface area contributed by atoms with E-state index in [2.05, 4.69) is 4.98 Å². The third-order valence-corrected chi connectivity index (χ3v) is 7.77. The van der Waals surface area contributed by atoms with Crippen LogP contribution in [0.25, 0.3) is 5.76 Å². The Kier molecular flexibility index (Phi) is 6.65. The SMILES string of the molecule is CC1(C)CC(=O)C2=C(C1)N(c1ccc(Cl)c(Cl)c1)C(=N)/C(=C(/O)c1ccc(Cl)cc1)C2c1cccnc1. The molecule has 3 aromatic rings. The standard InChI is InChI=1S/C29H24Cl3N3O2/c1-29(2)13-22-25(23(36)14-29)24(17-4-3-11-34-15-17)26(27(37)16-5-7-18(30)8-6-16)28(33)35(22)19-9-10-20(31)21(32)12-19/h3-12,15,24,33,37H,13-14H2,1-2H3/b27-26+,33-28?. The largest absolute Gasteiger partial charge is 0.507 e. The lowest BCUT2D eigenvalue weighted by molar-refractivity contribution is -0.118. The number of allylic oxidation sites excluding steroid dienone is 2. The molecule has 1 atom stereocenters. The lowest BCUT2D eigenvalue weighted by atomic mass is 9.67. The normalized spacial score (nSPS) is 20.7. The quantitative estimate of drug-likeness (QED) is 0.321. The summed E-state index contributed by atoms with van der Waals surface area (Å²) >= 11 is 18.7. The molecule has 0 saturated heterocycles. The molecular formula is C29H24Cl3N3O2. The van der Waals surface area contributed by atoms with E-state index in [4.69, 9.17) is 34.8 Å². The van der Waals surface area contributed by atoms with Crippen LogP contribution in [-0.2, 0) is 4.79 Å². The first kappa shape index (κ1) is 25.5. The number of nitrogens with zero attached hydrogens (tertiary/aromatic N) is 2. The molecule has 0 bridgehead atoms. The van der Waals surface area contributed by atoms with Gasteiger partial charge in [-0.15, -0.1) is 0 Å². The number of hydrogen-bond donors (Lipinski definition) is 2. The van der Waals surface area contributed by atoms with Crippen LogP contribution in [-0.4, -0.2) is 21.7 Å². The average molecular weight is 553 g/mol. The van der Waals surface area contributed by atoms with Crippen molar-refractivity contribution in [1.29, 1.82) is 5.41 Å². The highest BCUT2D eigenvalue weighted by Crippen LogP contribution is 2.51. The van der Waals surface area contributed by atoms with Crippen molar-refractivity contribution in [3.63, 3.8) is 0 Å². The number of pyridine rings is 1. The average Bonchev–Trinajstić information content (AvgIpc) is 2.85. The maximum absolute atomic E-state index is 13.8. The summed E-state index contributed by atoms with van der Waals surface area (Å²) in [7, 11) is 0. The zero-order valence-corrected chi connectivity index (χ0v) is 22.5. The molecular weight excluding hydrogens is 529 g/mol. The number of Topliss-reactive ketones (excluding diaryl/α,β-unsaturated/α-hetero) is 1. The van der Waals surface area contributed by atoms with Gasteiger partial charge in [-0.1, -0.05) is 54.7 Å². The molecule has 1 aliphatic heterocycles. The first-order valence-electron chi connectivity index (χ1n) is 11.8. The number of nitrogens with one attached hydrogen (secondary N) is 1. The van der Waals surface area contributed by atoms with Gasteiger partial charge in [0, 0.05) is 57.8 Å². The van der Waals surface area contributed by atoms with Gasteiger partial charge in [0.05, 0.1) is 10.0 Å². The van der Waals surface area contributed by atoms with Crippen LogP contribution in [0, 0.1) is 10.8 Å². The van der Waals surface area contributed by atoms with Crippen molar-refractivity contribution >= 4 is 57.9 Å². The van der Waals surface area contributed by atoms with Gasteiger partial charge in [0.15, 0.2) is 5.78 Å². The molecule has 1 unspecified atom stereocenters. The summed E-state index contributed by atoms with van der Waals surface area (Å²) in [5, 5.41) is 22.3. The highest BCUT2D eigenvalue weighted by Gasteiger charge is 2.47. The second-order valence-corrected chi connectivity index (χ2v) is 11.3. The van der Waals surface area contributed by atoms with E-state index in [9.17, 15) is 15.3 Å². The Balaban J connectivity index is 1.85. The van der Waals surface area contributed by atoms with Crippen LogP contribution in [0.1, 0.15) is 43.7 Å². The number of amidine groups is 1. The van der Waals surface area contributed by atoms with Gasteiger partial charge in [-0.25, -0.2) is 0 Å². The van der Waals surface area contributed by atoms with E-state index in [0.29, 0.717) is 56.0 Å². The van der Waals surface area contributed by atoms with Crippen LogP contribution >= 0.6 is 34.8 Å². The Bertz CT molecular complexity index is 1480. The highest BCUT2D eigenvalue weighted by molar-refractivity contribution is 6.42. The zero-order valence-electron chi connectivity index (χ0n) is 20.2. The van der Waals surface area contributed by atoms with Gasteiger partial charge in [-0.3, -0.25) is 20.1 Å². The third kappa shape index (κ3) is 4.68. The molecule has 2 aromatic carbocycles. The second-order valence-electron chi connectivity index (χ2n) is 10.1. The van der Waals surface area contributed by atoms with Crippen molar-refractivity contribution in [2.45, 2.75) is 32.6 Å². The Morgan fingerprint density at radius 3 is 2.43 bits per heavy atom. The number of ketones is 1. The molecule has 5 nitrogen and oxygen atoms in total. The van der Waals surface area contributed by atoms with Crippen LogP contribution in [0.4, 0.5) is 5.69 Å². The van der Waals surface area contributed by atoms with Crippen LogP contribution in [0.15, 0.2) is 83.8 Å². The number of benzene rings is 2. The number of aromatic nitrogens is 1. The predicted molar refractivity (Wildman–Crippen MR) is 150 cm³/mol. The minimum atomic E-state index is -0.672. The molecule has 37 heavy (non-hydrogen) atoms. The monoisotopic (exact) mass is 551 g/mol. The van der Waals surface area contributed by atoms with E-state index in [0.717, 1.165) is 5.56 Å². The summed E-state index contributed by atoms with van der Waals surface area (Å²) in [5.41, 5.74) is 3.04. The lowest BCUT2D eigenvalue weighted by Gasteiger charge is -2.45. The molecule has 0 fully saturated rings. The molecule has 0 saturated carbocycles.